The number of nitrogens with zero attached hydrogens (tertiary/aromatic N) is 2. The van der Waals surface area contributed by atoms with Gasteiger partial charge in [-0.05, 0) is 36.2 Å². The van der Waals surface area contributed by atoms with Gasteiger partial charge in [-0.2, -0.15) is 0 Å². The number of anilines is 3. The molecule has 2 heterocycles. The Kier molecular flexibility index (Phi) is 7.57. The summed E-state index contributed by atoms with van der Waals surface area (Å²) >= 11 is 0. The minimum atomic E-state index is -0.811. The van der Waals surface area contributed by atoms with Crippen LogP contribution in [0.3, 0.4) is 0 Å². The number of hydrogen-bond acceptors (Lipinski definition) is 7. The first-order valence-electron chi connectivity index (χ1n) is 10.4. The van der Waals surface area contributed by atoms with Crippen molar-refractivity contribution in [1.82, 2.24) is 9.97 Å². The van der Waals surface area contributed by atoms with Crippen LogP contribution < -0.4 is 26.8 Å². The minimum Gasteiger partial charge on any atom is -0.497 e. The van der Waals surface area contributed by atoms with Crippen molar-refractivity contribution in [3.05, 3.63) is 71.8 Å². The van der Waals surface area contributed by atoms with Crippen LogP contribution in [0.1, 0.15) is 24.2 Å². The van der Waals surface area contributed by atoms with Gasteiger partial charge in [-0.3, -0.25) is 9.78 Å². The molecule has 1 amide bonds. The van der Waals surface area contributed by atoms with Crippen molar-refractivity contribution in [2.24, 2.45) is 17.4 Å². The summed E-state index contributed by atoms with van der Waals surface area (Å²) in [5.41, 5.74) is 13.9. The maximum atomic E-state index is 14.7. The number of amides is 1. The molecule has 3 aromatic rings. The highest BCUT2D eigenvalue weighted by Crippen LogP contribution is 2.28. The van der Waals surface area contributed by atoms with Crippen LogP contribution in [0.15, 0.2) is 60.4 Å². The first-order chi connectivity index (χ1) is 15.8. The van der Waals surface area contributed by atoms with E-state index in [-0.39, 0.29) is 29.7 Å². The van der Waals surface area contributed by atoms with E-state index in [9.17, 15) is 9.18 Å². The summed E-state index contributed by atoms with van der Waals surface area (Å²) in [6.45, 7) is 4.13. The number of nitrogens with one attached hydrogen (secondary N) is 2. The van der Waals surface area contributed by atoms with Crippen LogP contribution in [0.2, 0.25) is 0 Å². The van der Waals surface area contributed by atoms with Gasteiger partial charge in [0.15, 0.2) is 11.6 Å². The normalized spacial score (nSPS) is 11.4. The van der Waals surface area contributed by atoms with Gasteiger partial charge in [-0.1, -0.05) is 32.1 Å². The fourth-order valence-electron chi connectivity index (χ4n) is 3.16. The Morgan fingerprint density at radius 1 is 1.21 bits per heavy atom. The number of carbonyl (C=O) groups excluding carboxylic acids is 1. The summed E-state index contributed by atoms with van der Waals surface area (Å²) in [5, 5.41) is 5.95. The molecule has 0 saturated heterocycles. The summed E-state index contributed by atoms with van der Waals surface area (Å²) in [6.07, 6.45) is 3.49. The molecule has 0 fully saturated rings. The second-order valence-corrected chi connectivity index (χ2v) is 7.63. The monoisotopic (exact) mass is 450 g/mol. The third kappa shape index (κ3) is 6.05. The predicted octanol–water partition coefficient (Wildman–Crippen LogP) is 4.04. The summed E-state index contributed by atoms with van der Waals surface area (Å²) in [4.78, 5) is 20.6. The van der Waals surface area contributed by atoms with E-state index in [0.29, 0.717) is 22.8 Å². The van der Waals surface area contributed by atoms with Crippen molar-refractivity contribution in [2.75, 3.05) is 24.3 Å². The van der Waals surface area contributed by atoms with Gasteiger partial charge < -0.3 is 26.8 Å². The second-order valence-electron chi connectivity index (χ2n) is 7.63. The molecule has 8 nitrogen and oxygen atoms in total. The number of pyridine rings is 2. The predicted molar refractivity (Wildman–Crippen MR) is 128 cm³/mol. The summed E-state index contributed by atoms with van der Waals surface area (Å²) in [7, 11) is 1.59. The molecule has 2 aromatic heterocycles. The lowest BCUT2D eigenvalue weighted by atomic mass is 10.1. The van der Waals surface area contributed by atoms with Gasteiger partial charge in [0.1, 0.15) is 11.6 Å². The number of aromatic nitrogens is 2. The quantitative estimate of drug-likeness (QED) is 0.387. The molecule has 172 valence electrons. The van der Waals surface area contributed by atoms with E-state index in [1.807, 2.05) is 44.2 Å². The number of methoxy groups -OCH3 is 1. The van der Waals surface area contributed by atoms with E-state index in [2.05, 4.69) is 20.6 Å². The van der Waals surface area contributed by atoms with E-state index in [1.165, 1.54) is 0 Å². The molecule has 6 N–H and O–H groups in total. The number of ether oxygens (including phenoxy) is 1. The Morgan fingerprint density at radius 2 is 2.00 bits per heavy atom. The molecule has 0 unspecified atom stereocenters. The Balaban J connectivity index is 1.97. The zero-order valence-electron chi connectivity index (χ0n) is 18.7. The molecule has 0 aliphatic rings. The van der Waals surface area contributed by atoms with Crippen molar-refractivity contribution in [1.29, 1.82) is 0 Å². The van der Waals surface area contributed by atoms with Crippen LogP contribution in [-0.2, 0) is 0 Å². The highest BCUT2D eigenvalue weighted by molar-refractivity contribution is 5.98. The first kappa shape index (κ1) is 23.7. The number of rotatable bonds is 9. The number of benzene rings is 1. The van der Waals surface area contributed by atoms with Gasteiger partial charge in [0, 0.05) is 29.7 Å². The Hall–Kier alpha value is -3.98. The van der Waals surface area contributed by atoms with E-state index in [4.69, 9.17) is 16.2 Å². The fourth-order valence-corrected chi connectivity index (χ4v) is 3.16. The largest absolute Gasteiger partial charge is 0.497 e. The molecule has 0 aliphatic carbocycles. The molecule has 1 aromatic carbocycles. The molecule has 0 aliphatic heterocycles. The highest BCUT2D eigenvalue weighted by atomic mass is 19.1. The van der Waals surface area contributed by atoms with Gasteiger partial charge in [0.2, 0.25) is 0 Å². The SMILES string of the molecule is COc1cccc(-c2cc(Nc3nc(N/C(=C/C(C)C)CN)c(F)cc3C(N)=O)ccn2)c1. The van der Waals surface area contributed by atoms with Crippen molar-refractivity contribution >= 4 is 23.2 Å². The van der Waals surface area contributed by atoms with Gasteiger partial charge in [-0.15, -0.1) is 0 Å². The van der Waals surface area contributed by atoms with E-state index >= 15 is 0 Å². The maximum absolute atomic E-state index is 14.7. The van der Waals surface area contributed by atoms with Gasteiger partial charge >= 0.3 is 0 Å². The summed E-state index contributed by atoms with van der Waals surface area (Å²) < 4.78 is 19.9. The molecule has 3 rings (SSSR count). The van der Waals surface area contributed by atoms with Gasteiger partial charge in [0.05, 0.1) is 18.4 Å². The molecule has 9 heteroatoms. The zero-order valence-corrected chi connectivity index (χ0v) is 18.7. The van der Waals surface area contributed by atoms with E-state index in [1.54, 1.807) is 25.4 Å². The first-order valence-corrected chi connectivity index (χ1v) is 10.4. The average Bonchev–Trinajstić information content (AvgIpc) is 2.80. The van der Waals surface area contributed by atoms with Crippen molar-refractivity contribution in [3.63, 3.8) is 0 Å². The number of primary amides is 1. The van der Waals surface area contributed by atoms with Gasteiger partial charge in [-0.25, -0.2) is 9.37 Å². The van der Waals surface area contributed by atoms with Crippen LogP contribution in [0, 0.1) is 11.7 Å². The molecule has 33 heavy (non-hydrogen) atoms. The summed E-state index contributed by atoms with van der Waals surface area (Å²) in [5.74, 6) is -0.589. The number of nitrogens with two attached hydrogens (primary N) is 2. The zero-order chi connectivity index (χ0) is 24.0. The van der Waals surface area contributed by atoms with Crippen LogP contribution in [0.4, 0.5) is 21.7 Å². The average molecular weight is 451 g/mol. The van der Waals surface area contributed by atoms with Crippen LogP contribution in [0.5, 0.6) is 5.75 Å². The van der Waals surface area contributed by atoms with Crippen molar-refractivity contribution in [3.8, 4) is 17.0 Å². The molecule has 0 radical (unpaired) electrons. The lowest BCUT2D eigenvalue weighted by Gasteiger charge is -2.15. The Bertz CT molecular complexity index is 1180. The molecule has 0 bridgehead atoms. The van der Waals surface area contributed by atoms with Gasteiger partial charge in [0.25, 0.3) is 5.91 Å². The minimum absolute atomic E-state index is 0.0677. The number of halogens is 1. The molecule has 0 saturated carbocycles. The number of carbonyl (C=O) groups is 1. The fraction of sp³-hybridized carbons (Fsp3) is 0.208. The molecular weight excluding hydrogens is 423 g/mol. The molecule has 0 spiro atoms. The molecular formula is C24H27FN6O2. The third-order valence-electron chi connectivity index (χ3n) is 4.66. The van der Waals surface area contributed by atoms with Crippen molar-refractivity contribution < 1.29 is 13.9 Å². The van der Waals surface area contributed by atoms with Crippen molar-refractivity contribution in [2.45, 2.75) is 13.8 Å². The Labute approximate surface area is 191 Å². The van der Waals surface area contributed by atoms with E-state index < -0.39 is 11.7 Å². The third-order valence-corrected chi connectivity index (χ3v) is 4.66. The van der Waals surface area contributed by atoms with E-state index in [0.717, 1.165) is 11.6 Å². The highest BCUT2D eigenvalue weighted by Gasteiger charge is 2.17. The lowest BCUT2D eigenvalue weighted by Crippen LogP contribution is -2.18. The lowest BCUT2D eigenvalue weighted by molar-refractivity contribution is 0.100. The summed E-state index contributed by atoms with van der Waals surface area (Å²) in [6, 6.07) is 12.0. The topological polar surface area (TPSA) is 128 Å². The van der Waals surface area contributed by atoms with Crippen LogP contribution in [-0.4, -0.2) is 29.5 Å². The van der Waals surface area contributed by atoms with Crippen LogP contribution in [0.25, 0.3) is 11.3 Å². The number of allylic oxidation sites excluding steroid dienone is 1. The standard InChI is InChI=1S/C24H27FN6O2/c1-14(2)9-17(13-26)30-24-20(25)12-19(22(27)32)23(31-24)29-16-7-8-28-21(11-16)15-5-4-6-18(10-15)33-3/h4-12,14H,13,26H2,1-3H3,(H2,27,32)(H2,28,29,30,31)/b17-9+. The Morgan fingerprint density at radius 3 is 2.67 bits per heavy atom. The molecule has 0 atom stereocenters. The second kappa shape index (κ2) is 10.6. The smallest absolute Gasteiger partial charge is 0.252 e. The maximum Gasteiger partial charge on any atom is 0.252 e. The van der Waals surface area contributed by atoms with Crippen LogP contribution >= 0.6 is 0 Å². The number of hydrogen-bond donors (Lipinski definition) is 4.